The molecule has 1 rings (SSSR count). The second-order valence-electron chi connectivity index (χ2n) is 4.13. The second kappa shape index (κ2) is 6.25. The van der Waals surface area contributed by atoms with E-state index in [1.807, 2.05) is 39.0 Å². The summed E-state index contributed by atoms with van der Waals surface area (Å²) in [7, 11) is 0. The predicted molar refractivity (Wildman–Crippen MR) is 65.8 cm³/mol. The van der Waals surface area contributed by atoms with Crippen molar-refractivity contribution in [3.63, 3.8) is 0 Å². The second-order valence-corrected chi connectivity index (χ2v) is 4.13. The molecule has 0 radical (unpaired) electrons. The van der Waals surface area contributed by atoms with Gasteiger partial charge in [0, 0.05) is 0 Å². The van der Waals surface area contributed by atoms with Gasteiger partial charge in [0.1, 0.15) is 12.4 Å². The molecule has 2 N–H and O–H groups in total. The summed E-state index contributed by atoms with van der Waals surface area (Å²) in [6.07, 6.45) is 0.148. The van der Waals surface area contributed by atoms with Crippen molar-refractivity contribution >= 4 is 5.97 Å². The molecule has 0 saturated heterocycles. The SMILES string of the molecule is Cc1cc(COC(=O)CN)ccc1OC(C)C. The number of ether oxygens (including phenoxy) is 2. The maximum Gasteiger partial charge on any atom is 0.320 e. The Bertz CT molecular complexity index is 388. The Morgan fingerprint density at radius 3 is 2.65 bits per heavy atom. The van der Waals surface area contributed by atoms with Crippen molar-refractivity contribution in [2.24, 2.45) is 5.73 Å². The van der Waals surface area contributed by atoms with Crippen LogP contribution in [0, 0.1) is 6.92 Å². The Balaban J connectivity index is 2.65. The van der Waals surface area contributed by atoms with E-state index in [1.54, 1.807) is 0 Å². The van der Waals surface area contributed by atoms with E-state index in [2.05, 4.69) is 0 Å². The first-order valence-electron chi connectivity index (χ1n) is 5.64. The number of hydrogen-bond donors (Lipinski definition) is 1. The summed E-state index contributed by atoms with van der Waals surface area (Å²) in [5, 5.41) is 0. The van der Waals surface area contributed by atoms with Crippen molar-refractivity contribution in [2.75, 3.05) is 6.54 Å². The lowest BCUT2D eigenvalue weighted by atomic mass is 10.1. The number of rotatable bonds is 5. The molecule has 0 fully saturated rings. The van der Waals surface area contributed by atoms with Crippen LogP contribution in [0.2, 0.25) is 0 Å². The van der Waals surface area contributed by atoms with Crippen molar-refractivity contribution < 1.29 is 14.3 Å². The van der Waals surface area contributed by atoms with E-state index in [1.165, 1.54) is 0 Å². The highest BCUT2D eigenvalue weighted by Crippen LogP contribution is 2.20. The smallest absolute Gasteiger partial charge is 0.320 e. The summed E-state index contributed by atoms with van der Waals surface area (Å²) in [5.41, 5.74) is 7.11. The molecule has 0 aliphatic rings. The van der Waals surface area contributed by atoms with Crippen LogP contribution < -0.4 is 10.5 Å². The van der Waals surface area contributed by atoms with Crippen LogP contribution in [-0.2, 0) is 16.1 Å². The standard InChI is InChI=1S/C13H19NO3/c1-9(2)17-12-5-4-11(6-10(12)3)8-16-13(15)7-14/h4-6,9H,7-8,14H2,1-3H3. The van der Waals surface area contributed by atoms with Crippen molar-refractivity contribution in [2.45, 2.75) is 33.5 Å². The zero-order chi connectivity index (χ0) is 12.8. The average molecular weight is 237 g/mol. The van der Waals surface area contributed by atoms with Crippen LogP contribution in [-0.4, -0.2) is 18.6 Å². The fraction of sp³-hybridized carbons (Fsp3) is 0.462. The molecule has 17 heavy (non-hydrogen) atoms. The van der Waals surface area contributed by atoms with Gasteiger partial charge in [-0.05, 0) is 44.0 Å². The van der Waals surface area contributed by atoms with Crippen LogP contribution >= 0.6 is 0 Å². The minimum Gasteiger partial charge on any atom is -0.491 e. The fourth-order valence-electron chi connectivity index (χ4n) is 1.41. The van der Waals surface area contributed by atoms with Gasteiger partial charge in [-0.2, -0.15) is 0 Å². The van der Waals surface area contributed by atoms with Crippen LogP contribution in [0.25, 0.3) is 0 Å². The van der Waals surface area contributed by atoms with Gasteiger partial charge in [-0.3, -0.25) is 4.79 Å². The lowest BCUT2D eigenvalue weighted by Crippen LogP contribution is -2.16. The van der Waals surface area contributed by atoms with Gasteiger partial charge in [0.2, 0.25) is 0 Å². The molecule has 0 aliphatic carbocycles. The molecule has 1 aromatic carbocycles. The maximum absolute atomic E-state index is 10.9. The highest BCUT2D eigenvalue weighted by atomic mass is 16.5. The average Bonchev–Trinajstić information content (AvgIpc) is 2.28. The van der Waals surface area contributed by atoms with Crippen LogP contribution in [0.5, 0.6) is 5.75 Å². The predicted octanol–water partition coefficient (Wildman–Crippen LogP) is 1.78. The van der Waals surface area contributed by atoms with E-state index in [0.717, 1.165) is 16.9 Å². The monoisotopic (exact) mass is 237 g/mol. The lowest BCUT2D eigenvalue weighted by Gasteiger charge is -2.13. The first-order valence-corrected chi connectivity index (χ1v) is 5.64. The highest BCUT2D eigenvalue weighted by molar-refractivity contribution is 5.71. The summed E-state index contributed by atoms with van der Waals surface area (Å²) < 4.78 is 10.6. The minimum absolute atomic E-state index is 0.0898. The molecule has 4 nitrogen and oxygen atoms in total. The molecule has 0 atom stereocenters. The van der Waals surface area contributed by atoms with Gasteiger partial charge < -0.3 is 15.2 Å². The minimum atomic E-state index is -0.398. The Morgan fingerprint density at radius 2 is 2.12 bits per heavy atom. The number of benzene rings is 1. The van der Waals surface area contributed by atoms with Crippen LogP contribution in [0.3, 0.4) is 0 Å². The Labute approximate surface area is 102 Å². The van der Waals surface area contributed by atoms with Crippen LogP contribution in [0.1, 0.15) is 25.0 Å². The van der Waals surface area contributed by atoms with Gasteiger partial charge in [0.15, 0.2) is 0 Å². The quantitative estimate of drug-likeness (QED) is 0.793. The van der Waals surface area contributed by atoms with Crippen molar-refractivity contribution in [3.05, 3.63) is 29.3 Å². The molecule has 4 heteroatoms. The van der Waals surface area contributed by atoms with E-state index in [-0.39, 0.29) is 19.3 Å². The molecule has 0 bridgehead atoms. The zero-order valence-electron chi connectivity index (χ0n) is 10.5. The summed E-state index contributed by atoms with van der Waals surface area (Å²) >= 11 is 0. The zero-order valence-corrected chi connectivity index (χ0v) is 10.5. The summed E-state index contributed by atoms with van der Waals surface area (Å²) in [6.45, 7) is 6.09. The molecule has 0 unspecified atom stereocenters. The summed E-state index contributed by atoms with van der Waals surface area (Å²) in [4.78, 5) is 10.9. The molecular weight excluding hydrogens is 218 g/mol. The number of esters is 1. The van der Waals surface area contributed by atoms with Crippen molar-refractivity contribution in [3.8, 4) is 5.75 Å². The molecule has 0 saturated carbocycles. The normalized spacial score (nSPS) is 10.4. The van der Waals surface area contributed by atoms with Crippen molar-refractivity contribution in [1.82, 2.24) is 0 Å². The third-order valence-corrected chi connectivity index (χ3v) is 2.17. The molecule has 94 valence electrons. The lowest BCUT2D eigenvalue weighted by molar-refractivity contribution is -0.143. The van der Waals surface area contributed by atoms with Crippen LogP contribution in [0.4, 0.5) is 0 Å². The van der Waals surface area contributed by atoms with Gasteiger partial charge >= 0.3 is 5.97 Å². The van der Waals surface area contributed by atoms with Crippen LogP contribution in [0.15, 0.2) is 18.2 Å². The topological polar surface area (TPSA) is 61.5 Å². The summed E-state index contributed by atoms with van der Waals surface area (Å²) in [5.74, 6) is 0.457. The van der Waals surface area contributed by atoms with E-state index in [9.17, 15) is 4.79 Å². The van der Waals surface area contributed by atoms with Gasteiger partial charge in [0.25, 0.3) is 0 Å². The Hall–Kier alpha value is -1.55. The Morgan fingerprint density at radius 1 is 1.41 bits per heavy atom. The van der Waals surface area contributed by atoms with Crippen molar-refractivity contribution in [1.29, 1.82) is 0 Å². The molecule has 0 spiro atoms. The van der Waals surface area contributed by atoms with Gasteiger partial charge in [-0.25, -0.2) is 0 Å². The van der Waals surface area contributed by atoms with E-state index in [4.69, 9.17) is 15.2 Å². The number of hydrogen-bond acceptors (Lipinski definition) is 4. The molecule has 0 aliphatic heterocycles. The maximum atomic E-state index is 10.9. The largest absolute Gasteiger partial charge is 0.491 e. The van der Waals surface area contributed by atoms with E-state index < -0.39 is 5.97 Å². The molecule has 0 aromatic heterocycles. The van der Waals surface area contributed by atoms with Gasteiger partial charge in [-0.1, -0.05) is 6.07 Å². The third-order valence-electron chi connectivity index (χ3n) is 2.17. The molecule has 1 aromatic rings. The number of nitrogens with two attached hydrogens (primary N) is 1. The summed E-state index contributed by atoms with van der Waals surface area (Å²) in [6, 6.07) is 5.72. The molecular formula is C13H19NO3. The van der Waals surface area contributed by atoms with Gasteiger partial charge in [-0.15, -0.1) is 0 Å². The van der Waals surface area contributed by atoms with E-state index in [0.29, 0.717) is 0 Å². The first-order chi connectivity index (χ1) is 8.02. The van der Waals surface area contributed by atoms with Gasteiger partial charge in [0.05, 0.1) is 12.6 Å². The molecule has 0 amide bonds. The number of aryl methyl sites for hydroxylation is 1. The Kier molecular flexibility index (Phi) is 4.97. The number of carbonyl (C=O) groups excluding carboxylic acids is 1. The highest BCUT2D eigenvalue weighted by Gasteiger charge is 2.05. The van der Waals surface area contributed by atoms with E-state index >= 15 is 0 Å². The molecule has 0 heterocycles. The first kappa shape index (κ1) is 13.5. The number of carbonyl (C=O) groups is 1. The third kappa shape index (κ3) is 4.44. The fourth-order valence-corrected chi connectivity index (χ4v) is 1.41.